The third kappa shape index (κ3) is 6.05. The number of amides is 2. The van der Waals surface area contributed by atoms with E-state index in [1.807, 2.05) is 19.0 Å². The molecule has 8 nitrogen and oxygen atoms in total. The Balaban J connectivity index is 2.51. The Morgan fingerprint density at radius 3 is 2.33 bits per heavy atom. The number of aliphatic hydroxyl groups excluding tert-OH is 1. The average molecular weight is 339 g/mol. The Hall–Kier alpha value is -2.32. The molecule has 0 saturated heterocycles. The molecule has 0 aromatic heterocycles. The lowest BCUT2D eigenvalue weighted by Crippen LogP contribution is -2.43. The van der Waals surface area contributed by atoms with Crippen molar-refractivity contribution >= 4 is 11.8 Å². The lowest BCUT2D eigenvalue weighted by Gasteiger charge is -2.15. The number of ether oxygens (including phenoxy) is 2. The standard InChI is InChI=1S/C16H25N3O5/c1-19(2)8-7-17-15(21)16(22)18-10-12(20)11-5-6-13(23-3)14(9-11)24-4/h5-6,9,12,20H,7-8,10H2,1-4H3,(H,17,21)(H,18,22)/t12-/m1/s1. The molecule has 0 fully saturated rings. The zero-order valence-electron chi connectivity index (χ0n) is 14.5. The maximum atomic E-state index is 11.7. The summed E-state index contributed by atoms with van der Waals surface area (Å²) in [5, 5.41) is 15.0. The van der Waals surface area contributed by atoms with Gasteiger partial charge in [0, 0.05) is 19.6 Å². The van der Waals surface area contributed by atoms with Crippen LogP contribution in [0.2, 0.25) is 0 Å². The van der Waals surface area contributed by atoms with E-state index in [4.69, 9.17) is 9.47 Å². The van der Waals surface area contributed by atoms with E-state index < -0.39 is 17.9 Å². The molecule has 0 bridgehead atoms. The number of nitrogens with one attached hydrogen (secondary N) is 2. The zero-order chi connectivity index (χ0) is 18.1. The molecular formula is C16H25N3O5. The second-order valence-corrected chi connectivity index (χ2v) is 5.40. The fourth-order valence-electron chi connectivity index (χ4n) is 1.92. The quantitative estimate of drug-likeness (QED) is 0.554. The van der Waals surface area contributed by atoms with Gasteiger partial charge in [-0.05, 0) is 31.8 Å². The summed E-state index contributed by atoms with van der Waals surface area (Å²) >= 11 is 0. The van der Waals surface area contributed by atoms with Gasteiger partial charge in [-0.3, -0.25) is 9.59 Å². The summed E-state index contributed by atoms with van der Waals surface area (Å²) in [7, 11) is 6.74. The number of nitrogens with zero attached hydrogens (tertiary/aromatic N) is 1. The summed E-state index contributed by atoms with van der Waals surface area (Å²) in [6.07, 6.45) is -0.969. The first-order valence-corrected chi connectivity index (χ1v) is 7.49. The monoisotopic (exact) mass is 339 g/mol. The van der Waals surface area contributed by atoms with Gasteiger partial charge in [0.25, 0.3) is 0 Å². The highest BCUT2D eigenvalue weighted by Gasteiger charge is 2.16. The topological polar surface area (TPSA) is 100 Å². The van der Waals surface area contributed by atoms with Crippen LogP contribution in [-0.4, -0.2) is 69.8 Å². The van der Waals surface area contributed by atoms with Crippen molar-refractivity contribution in [3.8, 4) is 11.5 Å². The van der Waals surface area contributed by atoms with E-state index in [1.54, 1.807) is 18.2 Å². The van der Waals surface area contributed by atoms with E-state index in [9.17, 15) is 14.7 Å². The van der Waals surface area contributed by atoms with Crippen molar-refractivity contribution in [2.24, 2.45) is 0 Å². The van der Waals surface area contributed by atoms with Crippen LogP contribution < -0.4 is 20.1 Å². The Labute approximate surface area is 141 Å². The molecule has 134 valence electrons. The maximum absolute atomic E-state index is 11.7. The fourth-order valence-corrected chi connectivity index (χ4v) is 1.92. The summed E-state index contributed by atoms with van der Waals surface area (Å²) < 4.78 is 10.3. The minimum Gasteiger partial charge on any atom is -0.493 e. The normalized spacial score (nSPS) is 11.8. The predicted octanol–water partition coefficient (Wildman–Crippen LogP) is -0.469. The van der Waals surface area contributed by atoms with Crippen molar-refractivity contribution in [3.05, 3.63) is 23.8 Å². The molecule has 3 N–H and O–H groups in total. The third-order valence-corrected chi connectivity index (χ3v) is 3.30. The molecule has 0 spiro atoms. The van der Waals surface area contributed by atoms with Gasteiger partial charge in [-0.25, -0.2) is 0 Å². The number of benzene rings is 1. The maximum Gasteiger partial charge on any atom is 0.309 e. The van der Waals surface area contributed by atoms with Crippen molar-refractivity contribution < 1.29 is 24.2 Å². The van der Waals surface area contributed by atoms with Gasteiger partial charge in [-0.1, -0.05) is 6.07 Å². The molecule has 1 aromatic rings. The molecule has 0 radical (unpaired) electrons. The molecule has 8 heteroatoms. The van der Waals surface area contributed by atoms with Crippen molar-refractivity contribution in [1.82, 2.24) is 15.5 Å². The zero-order valence-corrected chi connectivity index (χ0v) is 14.5. The molecule has 0 aliphatic carbocycles. The molecule has 0 saturated carbocycles. The van der Waals surface area contributed by atoms with Gasteiger partial charge in [0.15, 0.2) is 11.5 Å². The van der Waals surface area contributed by atoms with Gasteiger partial charge in [0.05, 0.1) is 20.3 Å². The predicted molar refractivity (Wildman–Crippen MR) is 89.1 cm³/mol. The fraction of sp³-hybridized carbons (Fsp3) is 0.500. The van der Waals surface area contributed by atoms with E-state index in [0.29, 0.717) is 30.2 Å². The lowest BCUT2D eigenvalue weighted by molar-refractivity contribution is -0.139. The van der Waals surface area contributed by atoms with Crippen LogP contribution in [0.5, 0.6) is 11.5 Å². The van der Waals surface area contributed by atoms with E-state index in [0.717, 1.165) is 0 Å². The van der Waals surface area contributed by atoms with Crippen molar-refractivity contribution in [2.75, 3.05) is 47.9 Å². The highest BCUT2D eigenvalue weighted by molar-refractivity contribution is 6.35. The Morgan fingerprint density at radius 2 is 1.75 bits per heavy atom. The van der Waals surface area contributed by atoms with E-state index in [-0.39, 0.29) is 6.54 Å². The number of carbonyl (C=O) groups is 2. The minimum atomic E-state index is -0.969. The van der Waals surface area contributed by atoms with Crippen molar-refractivity contribution in [2.45, 2.75) is 6.10 Å². The van der Waals surface area contributed by atoms with Crippen LogP contribution in [0.1, 0.15) is 11.7 Å². The van der Waals surface area contributed by atoms with Crippen LogP contribution in [-0.2, 0) is 9.59 Å². The third-order valence-electron chi connectivity index (χ3n) is 3.30. The smallest absolute Gasteiger partial charge is 0.309 e. The van der Waals surface area contributed by atoms with Gasteiger partial charge in [0.1, 0.15) is 0 Å². The second kappa shape index (κ2) is 9.74. The Morgan fingerprint density at radius 1 is 1.12 bits per heavy atom. The molecule has 24 heavy (non-hydrogen) atoms. The summed E-state index contributed by atoms with van der Waals surface area (Å²) in [6, 6.07) is 4.94. The molecule has 0 aliphatic rings. The first kappa shape index (κ1) is 19.7. The molecule has 1 atom stereocenters. The number of rotatable bonds is 8. The Kier molecular flexibility index (Phi) is 8.00. The SMILES string of the molecule is COc1ccc([C@H](O)CNC(=O)C(=O)NCCN(C)C)cc1OC. The van der Waals surface area contributed by atoms with Crippen LogP contribution >= 0.6 is 0 Å². The van der Waals surface area contributed by atoms with Gasteiger partial charge < -0.3 is 30.1 Å². The van der Waals surface area contributed by atoms with Crippen LogP contribution in [0.4, 0.5) is 0 Å². The molecule has 2 amide bonds. The second-order valence-electron chi connectivity index (χ2n) is 5.40. The molecule has 0 unspecified atom stereocenters. The highest BCUT2D eigenvalue weighted by Crippen LogP contribution is 2.29. The number of hydrogen-bond donors (Lipinski definition) is 3. The molecule has 1 aromatic carbocycles. The molecule has 1 rings (SSSR count). The van der Waals surface area contributed by atoms with Crippen LogP contribution in [0.25, 0.3) is 0 Å². The number of aliphatic hydroxyl groups is 1. The summed E-state index contributed by atoms with van der Waals surface area (Å²) in [5.41, 5.74) is 0.543. The molecule has 0 aliphatic heterocycles. The summed E-state index contributed by atoms with van der Waals surface area (Å²) in [4.78, 5) is 25.2. The molecule has 0 heterocycles. The number of hydrogen-bond acceptors (Lipinski definition) is 6. The average Bonchev–Trinajstić information content (AvgIpc) is 2.58. The van der Waals surface area contributed by atoms with Crippen LogP contribution in [0.3, 0.4) is 0 Å². The van der Waals surface area contributed by atoms with Gasteiger partial charge >= 0.3 is 11.8 Å². The number of methoxy groups -OCH3 is 2. The summed E-state index contributed by atoms with van der Waals surface area (Å²) in [6.45, 7) is 0.917. The van der Waals surface area contributed by atoms with E-state index in [2.05, 4.69) is 10.6 Å². The first-order chi connectivity index (χ1) is 11.4. The molecular weight excluding hydrogens is 314 g/mol. The van der Waals surface area contributed by atoms with Crippen molar-refractivity contribution in [3.63, 3.8) is 0 Å². The largest absolute Gasteiger partial charge is 0.493 e. The highest BCUT2D eigenvalue weighted by atomic mass is 16.5. The van der Waals surface area contributed by atoms with E-state index >= 15 is 0 Å². The van der Waals surface area contributed by atoms with Crippen molar-refractivity contribution in [1.29, 1.82) is 0 Å². The van der Waals surface area contributed by atoms with Crippen LogP contribution in [0, 0.1) is 0 Å². The summed E-state index contributed by atoms with van der Waals surface area (Å²) in [5.74, 6) is -0.496. The van der Waals surface area contributed by atoms with Gasteiger partial charge in [-0.2, -0.15) is 0 Å². The van der Waals surface area contributed by atoms with E-state index in [1.165, 1.54) is 14.2 Å². The van der Waals surface area contributed by atoms with Gasteiger partial charge in [0.2, 0.25) is 0 Å². The van der Waals surface area contributed by atoms with Gasteiger partial charge in [-0.15, -0.1) is 0 Å². The lowest BCUT2D eigenvalue weighted by atomic mass is 10.1. The Bertz CT molecular complexity index is 563. The minimum absolute atomic E-state index is 0.0879. The van der Waals surface area contributed by atoms with Crippen LogP contribution in [0.15, 0.2) is 18.2 Å². The first-order valence-electron chi connectivity index (χ1n) is 7.49. The number of likely N-dealkylation sites (N-methyl/N-ethyl adjacent to an activating group) is 1. The number of carbonyl (C=O) groups excluding carboxylic acids is 2.